The summed E-state index contributed by atoms with van der Waals surface area (Å²) in [5, 5.41) is 24.3. The van der Waals surface area contributed by atoms with Gasteiger partial charge in [-0.1, -0.05) is 30.3 Å². The molecule has 0 aliphatic rings. The second-order valence-electron chi connectivity index (χ2n) is 7.49. The molecular formula is C20H32N2O6. The molecule has 1 aromatic carbocycles. The molecule has 8 nitrogen and oxygen atoms in total. The molecule has 0 saturated carbocycles. The van der Waals surface area contributed by atoms with Crippen LogP contribution in [0.2, 0.25) is 0 Å². The number of carbonyl (C=O) groups excluding carboxylic acids is 2. The SMILES string of the molecule is CC(C)(C)OC(=O)N[C@@H](CCCCNC(=O)OCc1ccccc1)[C@H](O)CO. The third-order valence-electron chi connectivity index (χ3n) is 3.78. The number of aliphatic hydroxyl groups is 2. The molecule has 0 fully saturated rings. The van der Waals surface area contributed by atoms with Gasteiger partial charge in [0.05, 0.1) is 18.8 Å². The third-order valence-corrected chi connectivity index (χ3v) is 3.78. The summed E-state index contributed by atoms with van der Waals surface area (Å²) in [6.45, 7) is 5.37. The Kier molecular flexibility index (Phi) is 10.3. The van der Waals surface area contributed by atoms with Gasteiger partial charge in [0.2, 0.25) is 0 Å². The molecule has 158 valence electrons. The highest BCUT2D eigenvalue weighted by Crippen LogP contribution is 2.10. The molecule has 0 heterocycles. The molecule has 0 radical (unpaired) electrons. The zero-order valence-corrected chi connectivity index (χ0v) is 16.8. The number of hydrogen-bond donors (Lipinski definition) is 4. The van der Waals surface area contributed by atoms with Crippen molar-refractivity contribution < 1.29 is 29.3 Å². The van der Waals surface area contributed by atoms with Crippen LogP contribution in [0.25, 0.3) is 0 Å². The lowest BCUT2D eigenvalue weighted by Gasteiger charge is -2.26. The van der Waals surface area contributed by atoms with Gasteiger partial charge >= 0.3 is 12.2 Å². The van der Waals surface area contributed by atoms with Gasteiger partial charge in [0.25, 0.3) is 0 Å². The van der Waals surface area contributed by atoms with Crippen molar-refractivity contribution in [2.75, 3.05) is 13.2 Å². The van der Waals surface area contributed by atoms with Crippen LogP contribution in [0, 0.1) is 0 Å². The van der Waals surface area contributed by atoms with E-state index in [1.54, 1.807) is 20.8 Å². The standard InChI is InChI=1S/C20H32N2O6/c1-20(2,3)28-19(26)22-16(17(24)13-23)11-7-8-12-21-18(25)27-14-15-9-5-4-6-10-15/h4-6,9-10,16-17,23-24H,7-8,11-14H2,1-3H3,(H,21,25)(H,22,26)/t16-,17+/m0/s1. The van der Waals surface area contributed by atoms with Gasteiger partial charge in [0.1, 0.15) is 12.2 Å². The van der Waals surface area contributed by atoms with E-state index < -0.39 is 36.5 Å². The number of carbonyl (C=O) groups is 2. The van der Waals surface area contributed by atoms with Crippen LogP contribution in [-0.2, 0) is 16.1 Å². The number of benzene rings is 1. The van der Waals surface area contributed by atoms with E-state index in [1.165, 1.54) is 0 Å². The lowest BCUT2D eigenvalue weighted by Crippen LogP contribution is -2.46. The quantitative estimate of drug-likeness (QED) is 0.451. The summed E-state index contributed by atoms with van der Waals surface area (Å²) in [6, 6.07) is 8.75. The largest absolute Gasteiger partial charge is 0.445 e. The highest BCUT2D eigenvalue weighted by molar-refractivity contribution is 5.68. The van der Waals surface area contributed by atoms with E-state index in [-0.39, 0.29) is 6.61 Å². The first kappa shape index (κ1) is 23.7. The Morgan fingerprint density at radius 3 is 2.39 bits per heavy atom. The maximum atomic E-state index is 11.9. The van der Waals surface area contributed by atoms with Crippen LogP contribution >= 0.6 is 0 Å². The Labute approximate surface area is 166 Å². The van der Waals surface area contributed by atoms with Crippen LogP contribution in [-0.4, -0.2) is 53.3 Å². The van der Waals surface area contributed by atoms with Crippen LogP contribution in [0.3, 0.4) is 0 Å². The van der Waals surface area contributed by atoms with Crippen molar-refractivity contribution in [3.05, 3.63) is 35.9 Å². The molecule has 28 heavy (non-hydrogen) atoms. The summed E-state index contributed by atoms with van der Waals surface area (Å²) < 4.78 is 10.3. The minimum atomic E-state index is -1.09. The van der Waals surface area contributed by atoms with Crippen LogP contribution in [0.15, 0.2) is 30.3 Å². The van der Waals surface area contributed by atoms with Gasteiger partial charge in [0.15, 0.2) is 0 Å². The molecule has 1 rings (SSSR count). The van der Waals surface area contributed by atoms with Crippen molar-refractivity contribution in [3.8, 4) is 0 Å². The Morgan fingerprint density at radius 1 is 1.11 bits per heavy atom. The molecule has 0 aromatic heterocycles. The summed E-state index contributed by atoms with van der Waals surface area (Å²) >= 11 is 0. The Hall–Kier alpha value is -2.32. The average Bonchev–Trinajstić information content (AvgIpc) is 2.63. The Morgan fingerprint density at radius 2 is 1.79 bits per heavy atom. The maximum Gasteiger partial charge on any atom is 0.407 e. The molecule has 2 atom stereocenters. The lowest BCUT2D eigenvalue weighted by atomic mass is 10.0. The highest BCUT2D eigenvalue weighted by atomic mass is 16.6. The number of amides is 2. The van der Waals surface area contributed by atoms with Crippen LogP contribution in [0.1, 0.15) is 45.6 Å². The van der Waals surface area contributed by atoms with E-state index in [2.05, 4.69) is 10.6 Å². The van der Waals surface area contributed by atoms with Gasteiger partial charge in [0, 0.05) is 6.54 Å². The summed E-state index contributed by atoms with van der Waals surface area (Å²) in [7, 11) is 0. The lowest BCUT2D eigenvalue weighted by molar-refractivity contribution is 0.0302. The van der Waals surface area contributed by atoms with Crippen LogP contribution < -0.4 is 10.6 Å². The summed E-state index contributed by atoms with van der Waals surface area (Å²) in [5.74, 6) is 0. The van der Waals surface area contributed by atoms with E-state index in [0.717, 1.165) is 5.56 Å². The molecule has 4 N–H and O–H groups in total. The van der Waals surface area contributed by atoms with Gasteiger partial charge in [-0.15, -0.1) is 0 Å². The fourth-order valence-corrected chi connectivity index (χ4v) is 2.40. The molecule has 2 amide bonds. The maximum absolute atomic E-state index is 11.9. The average molecular weight is 396 g/mol. The molecule has 0 unspecified atom stereocenters. The summed E-state index contributed by atoms with van der Waals surface area (Å²) in [5.41, 5.74) is 0.259. The predicted molar refractivity (Wildman–Crippen MR) is 105 cm³/mol. The first-order valence-electron chi connectivity index (χ1n) is 9.44. The van der Waals surface area contributed by atoms with E-state index in [0.29, 0.717) is 25.8 Å². The summed E-state index contributed by atoms with van der Waals surface area (Å²) in [6.07, 6.45) is -0.546. The Balaban J connectivity index is 2.26. The first-order chi connectivity index (χ1) is 13.2. The van der Waals surface area contributed by atoms with Gasteiger partial charge < -0.3 is 30.3 Å². The van der Waals surface area contributed by atoms with Crippen molar-refractivity contribution in [2.24, 2.45) is 0 Å². The van der Waals surface area contributed by atoms with Crippen LogP contribution in [0.4, 0.5) is 9.59 Å². The minimum Gasteiger partial charge on any atom is -0.445 e. The van der Waals surface area contributed by atoms with Gasteiger partial charge in [-0.05, 0) is 45.6 Å². The van der Waals surface area contributed by atoms with Crippen molar-refractivity contribution in [2.45, 2.75) is 64.4 Å². The highest BCUT2D eigenvalue weighted by Gasteiger charge is 2.23. The third kappa shape index (κ3) is 10.7. The monoisotopic (exact) mass is 396 g/mol. The molecule has 0 saturated heterocycles. The smallest absolute Gasteiger partial charge is 0.407 e. The molecule has 0 spiro atoms. The number of aliphatic hydroxyl groups excluding tert-OH is 2. The van der Waals surface area contributed by atoms with Crippen LogP contribution in [0.5, 0.6) is 0 Å². The van der Waals surface area contributed by atoms with Gasteiger partial charge in [-0.2, -0.15) is 0 Å². The number of hydrogen-bond acceptors (Lipinski definition) is 6. The minimum absolute atomic E-state index is 0.206. The molecule has 8 heteroatoms. The second-order valence-corrected chi connectivity index (χ2v) is 7.49. The number of nitrogens with one attached hydrogen (secondary N) is 2. The van der Waals surface area contributed by atoms with E-state index in [4.69, 9.17) is 14.6 Å². The van der Waals surface area contributed by atoms with Crippen molar-refractivity contribution in [1.82, 2.24) is 10.6 Å². The van der Waals surface area contributed by atoms with E-state index in [1.807, 2.05) is 30.3 Å². The van der Waals surface area contributed by atoms with Crippen molar-refractivity contribution in [3.63, 3.8) is 0 Å². The number of ether oxygens (including phenoxy) is 2. The first-order valence-corrected chi connectivity index (χ1v) is 9.44. The normalized spacial score (nSPS) is 13.3. The fourth-order valence-electron chi connectivity index (χ4n) is 2.40. The topological polar surface area (TPSA) is 117 Å². The Bertz CT molecular complexity index is 588. The zero-order chi connectivity index (χ0) is 21.0. The molecular weight excluding hydrogens is 364 g/mol. The van der Waals surface area contributed by atoms with Crippen molar-refractivity contribution >= 4 is 12.2 Å². The second kappa shape index (κ2) is 12.2. The van der Waals surface area contributed by atoms with E-state index >= 15 is 0 Å². The summed E-state index contributed by atoms with van der Waals surface area (Å²) in [4.78, 5) is 23.5. The predicted octanol–water partition coefficient (Wildman–Crippen LogP) is 2.33. The molecule has 0 aliphatic carbocycles. The molecule has 1 aromatic rings. The molecule has 0 aliphatic heterocycles. The number of rotatable bonds is 10. The van der Waals surface area contributed by atoms with Gasteiger partial charge in [-0.25, -0.2) is 9.59 Å². The molecule has 0 bridgehead atoms. The van der Waals surface area contributed by atoms with Crippen molar-refractivity contribution in [1.29, 1.82) is 0 Å². The number of alkyl carbamates (subject to hydrolysis) is 2. The fraction of sp³-hybridized carbons (Fsp3) is 0.600. The number of unbranched alkanes of at least 4 members (excludes halogenated alkanes) is 1. The van der Waals surface area contributed by atoms with E-state index in [9.17, 15) is 14.7 Å². The zero-order valence-electron chi connectivity index (χ0n) is 16.8. The van der Waals surface area contributed by atoms with Gasteiger partial charge in [-0.3, -0.25) is 0 Å².